The number of carbonyl (C=O) groups is 1. The molecule has 2 atom stereocenters. The van der Waals surface area contributed by atoms with Crippen LogP contribution in [0.2, 0.25) is 0 Å². The second kappa shape index (κ2) is 7.10. The minimum atomic E-state index is -0.205. The smallest absolute Gasteiger partial charge is 0.409 e. The van der Waals surface area contributed by atoms with Gasteiger partial charge in [0.25, 0.3) is 0 Å². The zero-order valence-corrected chi connectivity index (χ0v) is 11.9. The van der Waals surface area contributed by atoms with E-state index in [1.807, 2.05) is 6.92 Å². The molecule has 0 radical (unpaired) electrons. The number of hydrogen-bond acceptors (Lipinski definition) is 4. The summed E-state index contributed by atoms with van der Waals surface area (Å²) >= 11 is 0. The summed E-state index contributed by atoms with van der Waals surface area (Å²) in [4.78, 5) is 15.8. The molecule has 1 amide bonds. The zero-order chi connectivity index (χ0) is 13.7. The number of aliphatic hydroxyl groups excluding tert-OH is 1. The Hall–Kier alpha value is -0.810. The standard InChI is InChI=1S/C14H26N2O3/c1-2-19-14(18)16-10-8-15(9-11-16)12-6-4-3-5-7-13(12)17/h12-13,17H,2-11H2,1H3. The van der Waals surface area contributed by atoms with E-state index in [4.69, 9.17) is 4.74 Å². The summed E-state index contributed by atoms with van der Waals surface area (Å²) in [6.07, 6.45) is 5.18. The second-order valence-corrected chi connectivity index (χ2v) is 5.49. The van der Waals surface area contributed by atoms with E-state index in [0.717, 1.165) is 32.4 Å². The summed E-state index contributed by atoms with van der Waals surface area (Å²) in [6, 6.07) is 0.284. The molecule has 0 aromatic carbocycles. The van der Waals surface area contributed by atoms with Crippen LogP contribution in [0.25, 0.3) is 0 Å². The van der Waals surface area contributed by atoms with Crippen LogP contribution in [0.4, 0.5) is 4.79 Å². The number of nitrogens with zero attached hydrogens (tertiary/aromatic N) is 2. The van der Waals surface area contributed by atoms with Gasteiger partial charge in [-0.05, 0) is 19.8 Å². The Balaban J connectivity index is 1.83. The first-order valence-electron chi connectivity index (χ1n) is 7.56. The van der Waals surface area contributed by atoms with Crippen LogP contribution in [0.3, 0.4) is 0 Å². The molecule has 5 nitrogen and oxygen atoms in total. The Kier molecular flexibility index (Phi) is 5.45. The first-order valence-corrected chi connectivity index (χ1v) is 7.56. The van der Waals surface area contributed by atoms with Gasteiger partial charge in [0, 0.05) is 32.2 Å². The predicted octanol–water partition coefficient (Wildman–Crippen LogP) is 1.45. The van der Waals surface area contributed by atoms with Crippen LogP contribution >= 0.6 is 0 Å². The van der Waals surface area contributed by atoms with Gasteiger partial charge in [-0.15, -0.1) is 0 Å². The SMILES string of the molecule is CCOC(=O)N1CCN(C2CCCCCC2O)CC1. The van der Waals surface area contributed by atoms with Gasteiger partial charge in [-0.2, -0.15) is 0 Å². The molecular formula is C14H26N2O3. The Labute approximate surface area is 115 Å². The van der Waals surface area contributed by atoms with Crippen LogP contribution in [0.1, 0.15) is 39.0 Å². The van der Waals surface area contributed by atoms with Gasteiger partial charge in [-0.1, -0.05) is 19.3 Å². The van der Waals surface area contributed by atoms with Crippen molar-refractivity contribution in [3.05, 3.63) is 0 Å². The summed E-state index contributed by atoms with van der Waals surface area (Å²) in [5, 5.41) is 10.2. The molecule has 0 aromatic heterocycles. The summed E-state index contributed by atoms with van der Waals surface area (Å²) in [6.45, 7) is 5.38. The number of amides is 1. The Morgan fingerprint density at radius 1 is 1.16 bits per heavy atom. The molecular weight excluding hydrogens is 244 g/mol. The molecule has 0 bridgehead atoms. The number of piperazine rings is 1. The van der Waals surface area contributed by atoms with E-state index in [2.05, 4.69) is 4.90 Å². The molecule has 19 heavy (non-hydrogen) atoms. The lowest BCUT2D eigenvalue weighted by molar-refractivity contribution is 0.0135. The molecule has 2 rings (SSSR count). The van der Waals surface area contributed by atoms with Gasteiger partial charge < -0.3 is 14.7 Å². The van der Waals surface area contributed by atoms with Crippen molar-refractivity contribution >= 4 is 6.09 Å². The van der Waals surface area contributed by atoms with Crippen LogP contribution in [0, 0.1) is 0 Å². The zero-order valence-electron chi connectivity index (χ0n) is 11.9. The molecule has 1 aliphatic carbocycles. The fourth-order valence-electron chi connectivity index (χ4n) is 3.15. The number of carbonyl (C=O) groups excluding carboxylic acids is 1. The average molecular weight is 270 g/mol. The van der Waals surface area contributed by atoms with Crippen molar-refractivity contribution in [3.63, 3.8) is 0 Å². The van der Waals surface area contributed by atoms with E-state index in [0.29, 0.717) is 19.7 Å². The largest absolute Gasteiger partial charge is 0.450 e. The lowest BCUT2D eigenvalue weighted by atomic mass is 10.0. The molecule has 2 fully saturated rings. The molecule has 2 unspecified atom stereocenters. The molecule has 1 aliphatic heterocycles. The van der Waals surface area contributed by atoms with Crippen molar-refractivity contribution in [2.45, 2.75) is 51.2 Å². The van der Waals surface area contributed by atoms with Crippen molar-refractivity contribution < 1.29 is 14.6 Å². The minimum absolute atomic E-state index is 0.198. The summed E-state index contributed by atoms with van der Waals surface area (Å²) in [5.74, 6) is 0. The lowest BCUT2D eigenvalue weighted by Gasteiger charge is -2.40. The summed E-state index contributed by atoms with van der Waals surface area (Å²) < 4.78 is 5.02. The molecule has 1 saturated carbocycles. The van der Waals surface area contributed by atoms with Gasteiger partial charge in [-0.25, -0.2) is 4.79 Å². The van der Waals surface area contributed by atoms with Gasteiger partial charge in [0.05, 0.1) is 12.7 Å². The van der Waals surface area contributed by atoms with E-state index < -0.39 is 0 Å². The minimum Gasteiger partial charge on any atom is -0.450 e. The molecule has 0 aromatic rings. The molecule has 1 N–H and O–H groups in total. The van der Waals surface area contributed by atoms with Crippen LogP contribution in [-0.2, 0) is 4.74 Å². The summed E-state index contributed by atoms with van der Waals surface area (Å²) in [5.41, 5.74) is 0. The number of ether oxygens (including phenoxy) is 1. The first kappa shape index (κ1) is 14.6. The molecule has 1 heterocycles. The van der Waals surface area contributed by atoms with Gasteiger partial charge >= 0.3 is 6.09 Å². The lowest BCUT2D eigenvalue weighted by Crippen LogP contribution is -2.54. The van der Waals surface area contributed by atoms with E-state index in [-0.39, 0.29) is 18.2 Å². The van der Waals surface area contributed by atoms with E-state index in [1.54, 1.807) is 4.90 Å². The maximum absolute atomic E-state index is 11.6. The van der Waals surface area contributed by atoms with E-state index in [1.165, 1.54) is 12.8 Å². The molecule has 5 heteroatoms. The van der Waals surface area contributed by atoms with Crippen molar-refractivity contribution in [2.75, 3.05) is 32.8 Å². The average Bonchev–Trinajstić information content (AvgIpc) is 2.64. The highest BCUT2D eigenvalue weighted by molar-refractivity contribution is 5.67. The van der Waals surface area contributed by atoms with Crippen molar-refractivity contribution in [1.29, 1.82) is 0 Å². The maximum atomic E-state index is 11.6. The number of aliphatic hydroxyl groups is 1. The first-order chi connectivity index (χ1) is 9.22. The quantitative estimate of drug-likeness (QED) is 0.772. The number of rotatable bonds is 2. The second-order valence-electron chi connectivity index (χ2n) is 5.49. The van der Waals surface area contributed by atoms with Crippen LogP contribution < -0.4 is 0 Å². The third kappa shape index (κ3) is 3.83. The van der Waals surface area contributed by atoms with Crippen molar-refractivity contribution in [3.8, 4) is 0 Å². The van der Waals surface area contributed by atoms with Crippen molar-refractivity contribution in [1.82, 2.24) is 9.80 Å². The monoisotopic (exact) mass is 270 g/mol. The van der Waals surface area contributed by atoms with Crippen LogP contribution in [0.15, 0.2) is 0 Å². The van der Waals surface area contributed by atoms with Crippen LogP contribution in [-0.4, -0.2) is 65.9 Å². The maximum Gasteiger partial charge on any atom is 0.409 e. The summed E-state index contributed by atoms with van der Waals surface area (Å²) in [7, 11) is 0. The molecule has 1 saturated heterocycles. The topological polar surface area (TPSA) is 53.0 Å². The van der Waals surface area contributed by atoms with Gasteiger partial charge in [0.15, 0.2) is 0 Å². The normalized spacial score (nSPS) is 29.9. The van der Waals surface area contributed by atoms with Crippen molar-refractivity contribution in [2.24, 2.45) is 0 Å². The third-order valence-corrected chi connectivity index (χ3v) is 4.25. The number of hydrogen-bond donors (Lipinski definition) is 1. The molecule has 0 spiro atoms. The predicted molar refractivity (Wildman–Crippen MR) is 73.0 cm³/mol. The highest BCUT2D eigenvalue weighted by Crippen LogP contribution is 2.23. The van der Waals surface area contributed by atoms with Gasteiger partial charge in [0.1, 0.15) is 0 Å². The Morgan fingerprint density at radius 3 is 2.53 bits per heavy atom. The highest BCUT2D eigenvalue weighted by atomic mass is 16.6. The van der Waals surface area contributed by atoms with Gasteiger partial charge in [-0.3, -0.25) is 4.90 Å². The third-order valence-electron chi connectivity index (χ3n) is 4.25. The van der Waals surface area contributed by atoms with Crippen LogP contribution in [0.5, 0.6) is 0 Å². The van der Waals surface area contributed by atoms with Gasteiger partial charge in [0.2, 0.25) is 0 Å². The Bertz CT molecular complexity index is 290. The van der Waals surface area contributed by atoms with E-state index >= 15 is 0 Å². The molecule has 110 valence electrons. The fraction of sp³-hybridized carbons (Fsp3) is 0.929. The Morgan fingerprint density at radius 2 is 1.84 bits per heavy atom. The van der Waals surface area contributed by atoms with E-state index in [9.17, 15) is 9.90 Å². The highest BCUT2D eigenvalue weighted by Gasteiger charge is 2.31. The fourth-order valence-corrected chi connectivity index (χ4v) is 3.15. The molecule has 2 aliphatic rings.